The Labute approximate surface area is 198 Å². The van der Waals surface area contributed by atoms with Crippen molar-refractivity contribution in [3.8, 4) is 5.75 Å². The number of amides is 1. The molecule has 0 aromatic heterocycles. The van der Waals surface area contributed by atoms with Crippen molar-refractivity contribution in [3.05, 3.63) is 83.9 Å². The predicted octanol–water partition coefficient (Wildman–Crippen LogP) is 4.25. The molecule has 9 heteroatoms. The Bertz CT molecular complexity index is 1340. The summed E-state index contributed by atoms with van der Waals surface area (Å²) in [6.07, 6.45) is 1.06. The van der Waals surface area contributed by atoms with Crippen LogP contribution >= 0.6 is 0 Å². The molecule has 0 spiro atoms. The number of nitrogens with zero attached hydrogens (tertiary/aromatic N) is 1. The van der Waals surface area contributed by atoms with Crippen LogP contribution in [0.2, 0.25) is 0 Å². The van der Waals surface area contributed by atoms with E-state index in [4.69, 9.17) is 9.47 Å². The molecule has 4 rings (SSSR count). The highest BCUT2D eigenvalue weighted by atomic mass is 32.2. The molecule has 1 aliphatic heterocycles. The fraction of sp³-hybridized carbons (Fsp3) is 0.200. The number of hydrogen-bond acceptors (Lipinski definition) is 6. The van der Waals surface area contributed by atoms with Crippen molar-refractivity contribution in [2.45, 2.75) is 26.1 Å². The van der Waals surface area contributed by atoms with Crippen LogP contribution in [-0.4, -0.2) is 32.2 Å². The molecule has 3 aromatic rings. The summed E-state index contributed by atoms with van der Waals surface area (Å²) in [5, 5.41) is 0. The SMILES string of the molecule is CC1(C)Oc2cc(NS(C)(=O)=O)ccc2N(c2ccc(COC(=O)c3ccccc3)cc2)C1=O. The van der Waals surface area contributed by atoms with Crippen LogP contribution in [0, 0.1) is 0 Å². The van der Waals surface area contributed by atoms with E-state index in [0.717, 1.165) is 11.8 Å². The van der Waals surface area contributed by atoms with Crippen LogP contribution in [0.15, 0.2) is 72.8 Å². The lowest BCUT2D eigenvalue weighted by Gasteiger charge is -2.39. The van der Waals surface area contributed by atoms with Gasteiger partial charge in [-0.15, -0.1) is 0 Å². The predicted molar refractivity (Wildman–Crippen MR) is 129 cm³/mol. The van der Waals surface area contributed by atoms with Gasteiger partial charge in [0.05, 0.1) is 23.2 Å². The molecule has 1 amide bonds. The summed E-state index contributed by atoms with van der Waals surface area (Å²) in [7, 11) is -3.47. The number of nitrogens with one attached hydrogen (secondary N) is 1. The van der Waals surface area contributed by atoms with E-state index in [1.165, 1.54) is 4.90 Å². The van der Waals surface area contributed by atoms with Gasteiger partial charge in [0.1, 0.15) is 12.4 Å². The Morgan fingerprint density at radius 2 is 1.71 bits per heavy atom. The molecular weight excluding hydrogens is 456 g/mol. The minimum Gasteiger partial charge on any atom is -0.476 e. The summed E-state index contributed by atoms with van der Waals surface area (Å²) in [4.78, 5) is 26.9. The number of hydrogen-bond donors (Lipinski definition) is 1. The molecule has 34 heavy (non-hydrogen) atoms. The van der Waals surface area contributed by atoms with Gasteiger partial charge in [0.15, 0.2) is 5.60 Å². The minimum atomic E-state index is -3.47. The molecule has 0 saturated heterocycles. The third-order valence-electron chi connectivity index (χ3n) is 5.16. The molecule has 0 saturated carbocycles. The number of ether oxygens (including phenoxy) is 2. The Morgan fingerprint density at radius 3 is 2.35 bits per heavy atom. The molecule has 0 fully saturated rings. The van der Waals surface area contributed by atoms with E-state index in [9.17, 15) is 18.0 Å². The number of carbonyl (C=O) groups is 2. The molecule has 1 heterocycles. The summed E-state index contributed by atoms with van der Waals surface area (Å²) >= 11 is 0. The van der Waals surface area contributed by atoms with Crippen LogP contribution in [0.4, 0.5) is 17.1 Å². The molecule has 0 atom stereocenters. The van der Waals surface area contributed by atoms with Crippen LogP contribution in [0.3, 0.4) is 0 Å². The zero-order chi connectivity index (χ0) is 24.5. The normalized spacial score (nSPS) is 14.7. The number of rotatable bonds is 6. The molecule has 0 aliphatic carbocycles. The van der Waals surface area contributed by atoms with E-state index in [1.807, 2.05) is 6.07 Å². The fourth-order valence-electron chi connectivity index (χ4n) is 3.56. The highest BCUT2D eigenvalue weighted by Crippen LogP contribution is 2.43. The topological polar surface area (TPSA) is 102 Å². The first-order valence-corrected chi connectivity index (χ1v) is 12.4. The van der Waals surface area contributed by atoms with Gasteiger partial charge >= 0.3 is 5.97 Å². The lowest BCUT2D eigenvalue weighted by molar-refractivity contribution is -0.131. The van der Waals surface area contributed by atoms with E-state index >= 15 is 0 Å². The van der Waals surface area contributed by atoms with Crippen molar-refractivity contribution in [2.75, 3.05) is 15.9 Å². The monoisotopic (exact) mass is 480 g/mol. The second-order valence-electron chi connectivity index (χ2n) is 8.42. The maximum absolute atomic E-state index is 13.2. The average Bonchev–Trinajstić information content (AvgIpc) is 2.78. The summed E-state index contributed by atoms with van der Waals surface area (Å²) in [5.41, 5.74) is 1.50. The molecule has 0 bridgehead atoms. The Morgan fingerprint density at radius 1 is 1.03 bits per heavy atom. The van der Waals surface area contributed by atoms with Gasteiger partial charge in [-0.05, 0) is 55.8 Å². The van der Waals surface area contributed by atoms with Crippen LogP contribution < -0.4 is 14.4 Å². The fourth-order valence-corrected chi connectivity index (χ4v) is 4.11. The summed E-state index contributed by atoms with van der Waals surface area (Å²) < 4.78 is 36.9. The summed E-state index contributed by atoms with van der Waals surface area (Å²) in [6.45, 7) is 3.40. The van der Waals surface area contributed by atoms with E-state index in [-0.39, 0.29) is 12.5 Å². The van der Waals surface area contributed by atoms with Gasteiger partial charge in [-0.1, -0.05) is 30.3 Å². The molecule has 8 nitrogen and oxygen atoms in total. The van der Waals surface area contributed by atoms with Crippen molar-refractivity contribution in [3.63, 3.8) is 0 Å². The first-order chi connectivity index (χ1) is 16.0. The Balaban J connectivity index is 1.57. The van der Waals surface area contributed by atoms with E-state index in [0.29, 0.717) is 28.4 Å². The number of benzene rings is 3. The number of sulfonamides is 1. The highest BCUT2D eigenvalue weighted by Gasteiger charge is 2.41. The molecular formula is C25H24N2O6S. The van der Waals surface area contributed by atoms with Crippen molar-refractivity contribution in [2.24, 2.45) is 0 Å². The zero-order valence-electron chi connectivity index (χ0n) is 18.9. The van der Waals surface area contributed by atoms with Crippen molar-refractivity contribution >= 4 is 39.0 Å². The second kappa shape index (κ2) is 8.83. The van der Waals surface area contributed by atoms with Crippen LogP contribution in [-0.2, 0) is 26.2 Å². The Kier molecular flexibility index (Phi) is 6.05. The zero-order valence-corrected chi connectivity index (χ0v) is 19.8. The van der Waals surface area contributed by atoms with Gasteiger partial charge in [0.2, 0.25) is 10.0 Å². The number of anilines is 3. The third-order valence-corrected chi connectivity index (χ3v) is 5.77. The van der Waals surface area contributed by atoms with Gasteiger partial charge < -0.3 is 9.47 Å². The summed E-state index contributed by atoms with van der Waals surface area (Å²) in [5.74, 6) is -0.312. The lowest BCUT2D eigenvalue weighted by atomic mass is 10.0. The van der Waals surface area contributed by atoms with Gasteiger partial charge in [-0.3, -0.25) is 14.4 Å². The van der Waals surface area contributed by atoms with Crippen molar-refractivity contribution < 1.29 is 27.5 Å². The second-order valence-corrected chi connectivity index (χ2v) is 10.2. The third kappa shape index (κ3) is 5.04. The lowest BCUT2D eigenvalue weighted by Crippen LogP contribution is -2.50. The van der Waals surface area contributed by atoms with E-state index in [1.54, 1.807) is 80.6 Å². The van der Waals surface area contributed by atoms with Crippen LogP contribution in [0.5, 0.6) is 5.75 Å². The quantitative estimate of drug-likeness (QED) is 0.529. The van der Waals surface area contributed by atoms with Gasteiger partial charge in [-0.2, -0.15) is 0 Å². The molecule has 0 unspecified atom stereocenters. The minimum absolute atomic E-state index is 0.0909. The summed E-state index contributed by atoms with van der Waals surface area (Å²) in [6, 6.07) is 20.6. The van der Waals surface area contributed by atoms with Crippen LogP contribution in [0.1, 0.15) is 29.8 Å². The number of esters is 1. The number of carbonyl (C=O) groups excluding carboxylic acids is 2. The Hall–Kier alpha value is -3.85. The van der Waals surface area contributed by atoms with E-state index < -0.39 is 21.6 Å². The number of fused-ring (bicyclic) bond motifs is 1. The standard InChI is InChI=1S/C25H24N2O6S/c1-25(2)24(29)27(21-14-11-19(15-22(21)33-25)26-34(3,30)31)20-12-9-17(10-13-20)16-32-23(28)18-7-5-4-6-8-18/h4-15,26H,16H2,1-3H3. The smallest absolute Gasteiger partial charge is 0.338 e. The molecule has 176 valence electrons. The first-order valence-electron chi connectivity index (χ1n) is 10.5. The molecule has 1 aliphatic rings. The van der Waals surface area contributed by atoms with Gasteiger partial charge in [0, 0.05) is 11.8 Å². The first kappa shape index (κ1) is 23.3. The maximum Gasteiger partial charge on any atom is 0.338 e. The van der Waals surface area contributed by atoms with Crippen molar-refractivity contribution in [1.82, 2.24) is 0 Å². The molecule has 0 radical (unpaired) electrons. The largest absolute Gasteiger partial charge is 0.476 e. The van der Waals surface area contributed by atoms with Gasteiger partial charge in [0.25, 0.3) is 5.91 Å². The van der Waals surface area contributed by atoms with E-state index in [2.05, 4.69) is 4.72 Å². The van der Waals surface area contributed by atoms with Crippen molar-refractivity contribution in [1.29, 1.82) is 0 Å². The molecule has 3 aromatic carbocycles. The average molecular weight is 481 g/mol. The molecule has 1 N–H and O–H groups in total. The van der Waals surface area contributed by atoms with Gasteiger partial charge in [-0.25, -0.2) is 13.2 Å². The van der Waals surface area contributed by atoms with Crippen LogP contribution in [0.25, 0.3) is 0 Å². The highest BCUT2D eigenvalue weighted by molar-refractivity contribution is 7.92. The maximum atomic E-state index is 13.2.